The minimum absolute atomic E-state index is 0.0269. The van der Waals surface area contributed by atoms with Gasteiger partial charge in [0.05, 0.1) is 13.0 Å². The zero-order valence-electron chi connectivity index (χ0n) is 13.6. The minimum atomic E-state index is 0.0269. The fourth-order valence-corrected chi connectivity index (χ4v) is 1.99. The average molecular weight is 292 g/mol. The minimum Gasteiger partial charge on any atom is -0.493 e. The molecule has 4 nitrogen and oxygen atoms in total. The van der Waals surface area contributed by atoms with Gasteiger partial charge >= 0.3 is 0 Å². The molecular weight excluding hydrogens is 264 g/mol. The molecule has 1 rings (SSSR count). The summed E-state index contributed by atoms with van der Waals surface area (Å²) in [6.07, 6.45) is 1.51. The number of hydrogen-bond acceptors (Lipinski definition) is 3. The molecule has 0 spiro atoms. The monoisotopic (exact) mass is 292 g/mol. The van der Waals surface area contributed by atoms with Gasteiger partial charge in [0.15, 0.2) is 0 Å². The van der Waals surface area contributed by atoms with E-state index in [2.05, 4.69) is 36.6 Å². The summed E-state index contributed by atoms with van der Waals surface area (Å²) < 4.78 is 5.59. The van der Waals surface area contributed by atoms with Gasteiger partial charge in [-0.15, -0.1) is 0 Å². The third-order valence-electron chi connectivity index (χ3n) is 3.13. The number of rotatable bonds is 9. The molecule has 0 aromatic heterocycles. The fraction of sp³-hybridized carbons (Fsp3) is 0.588. The third kappa shape index (κ3) is 7.14. The lowest BCUT2D eigenvalue weighted by molar-refractivity contribution is -0.122. The summed E-state index contributed by atoms with van der Waals surface area (Å²) in [7, 11) is 0. The van der Waals surface area contributed by atoms with Crippen molar-refractivity contribution in [2.75, 3.05) is 13.2 Å². The lowest BCUT2D eigenvalue weighted by Gasteiger charge is -2.14. The van der Waals surface area contributed by atoms with Crippen LogP contribution in [0.3, 0.4) is 0 Å². The summed E-state index contributed by atoms with van der Waals surface area (Å²) >= 11 is 0. The van der Waals surface area contributed by atoms with Crippen LogP contribution in [0.5, 0.6) is 5.75 Å². The van der Waals surface area contributed by atoms with Crippen LogP contribution in [-0.4, -0.2) is 25.1 Å². The Morgan fingerprint density at radius 1 is 1.19 bits per heavy atom. The van der Waals surface area contributed by atoms with E-state index in [0.717, 1.165) is 18.7 Å². The topological polar surface area (TPSA) is 50.4 Å². The largest absolute Gasteiger partial charge is 0.493 e. The molecule has 1 aromatic carbocycles. The second-order valence-electron chi connectivity index (χ2n) is 5.57. The van der Waals surface area contributed by atoms with E-state index in [1.54, 1.807) is 0 Å². The van der Waals surface area contributed by atoms with Gasteiger partial charge in [0, 0.05) is 12.1 Å². The Balaban J connectivity index is 2.35. The van der Waals surface area contributed by atoms with E-state index in [4.69, 9.17) is 4.74 Å². The van der Waals surface area contributed by atoms with Gasteiger partial charge in [-0.1, -0.05) is 19.1 Å². The molecule has 1 atom stereocenters. The van der Waals surface area contributed by atoms with E-state index in [0.29, 0.717) is 19.1 Å². The number of amides is 1. The molecule has 0 bridgehead atoms. The summed E-state index contributed by atoms with van der Waals surface area (Å²) in [6.45, 7) is 9.64. The molecule has 0 heterocycles. The van der Waals surface area contributed by atoms with Crippen LogP contribution in [0, 0.1) is 0 Å². The number of carbonyl (C=O) groups excluding carboxylic acids is 1. The van der Waals surface area contributed by atoms with Crippen molar-refractivity contribution in [2.24, 2.45) is 0 Å². The fourth-order valence-electron chi connectivity index (χ4n) is 1.99. The van der Waals surface area contributed by atoms with Gasteiger partial charge in [-0.05, 0) is 51.4 Å². The Morgan fingerprint density at radius 3 is 2.43 bits per heavy atom. The van der Waals surface area contributed by atoms with E-state index < -0.39 is 0 Å². The van der Waals surface area contributed by atoms with Crippen LogP contribution in [0.4, 0.5) is 0 Å². The van der Waals surface area contributed by atoms with Gasteiger partial charge in [0.1, 0.15) is 5.75 Å². The summed E-state index contributed by atoms with van der Waals surface area (Å²) in [5, 5.41) is 6.30. The summed E-state index contributed by atoms with van der Waals surface area (Å²) in [6, 6.07) is 8.57. The average Bonchev–Trinajstić information content (AvgIpc) is 2.44. The molecule has 2 N–H and O–H groups in total. The number of carbonyl (C=O) groups is 1. The maximum absolute atomic E-state index is 11.5. The van der Waals surface area contributed by atoms with Crippen molar-refractivity contribution in [1.82, 2.24) is 10.6 Å². The molecule has 0 fully saturated rings. The summed E-state index contributed by atoms with van der Waals surface area (Å²) in [5.74, 6) is 0.831. The first-order chi connectivity index (χ1) is 10.0. The molecule has 0 saturated heterocycles. The Bertz CT molecular complexity index is 415. The van der Waals surface area contributed by atoms with E-state index in [1.165, 1.54) is 5.56 Å². The molecule has 1 unspecified atom stereocenters. The molecule has 0 aliphatic rings. The van der Waals surface area contributed by atoms with E-state index >= 15 is 0 Å². The summed E-state index contributed by atoms with van der Waals surface area (Å²) in [5.41, 5.74) is 1.24. The van der Waals surface area contributed by atoms with Gasteiger partial charge in [-0.25, -0.2) is 0 Å². The highest BCUT2D eigenvalue weighted by Gasteiger charge is 2.05. The molecular formula is C17H28N2O2. The van der Waals surface area contributed by atoms with Gasteiger partial charge in [0.25, 0.3) is 0 Å². The molecule has 0 aliphatic carbocycles. The molecule has 0 aliphatic heterocycles. The van der Waals surface area contributed by atoms with E-state index in [9.17, 15) is 4.79 Å². The van der Waals surface area contributed by atoms with Crippen LogP contribution in [-0.2, 0) is 4.79 Å². The normalized spacial score (nSPS) is 12.2. The summed E-state index contributed by atoms with van der Waals surface area (Å²) in [4.78, 5) is 11.5. The third-order valence-corrected chi connectivity index (χ3v) is 3.13. The Labute approximate surface area is 128 Å². The molecule has 0 saturated carbocycles. The standard InChI is InChI=1S/C17H28N2O2/c1-5-11-18-14(4)15-6-8-16(9-7-15)21-12-10-17(20)19-13(2)3/h6-9,13-14,18H,5,10-12H2,1-4H3,(H,19,20). The van der Waals surface area contributed by atoms with Gasteiger partial charge in [-0.3, -0.25) is 4.79 Å². The smallest absolute Gasteiger partial charge is 0.223 e. The molecule has 21 heavy (non-hydrogen) atoms. The van der Waals surface area contributed by atoms with E-state index in [1.807, 2.05) is 26.0 Å². The van der Waals surface area contributed by atoms with Crippen molar-refractivity contribution in [2.45, 2.75) is 52.6 Å². The predicted molar refractivity (Wildman–Crippen MR) is 86.5 cm³/mol. The number of benzene rings is 1. The van der Waals surface area contributed by atoms with Crippen LogP contribution in [0.15, 0.2) is 24.3 Å². The first kappa shape index (κ1) is 17.5. The molecule has 0 radical (unpaired) electrons. The van der Waals surface area contributed by atoms with E-state index in [-0.39, 0.29) is 11.9 Å². The van der Waals surface area contributed by atoms with Crippen molar-refractivity contribution in [3.05, 3.63) is 29.8 Å². The first-order valence-electron chi connectivity index (χ1n) is 7.78. The number of hydrogen-bond donors (Lipinski definition) is 2. The van der Waals surface area contributed by atoms with Crippen molar-refractivity contribution in [3.8, 4) is 5.75 Å². The van der Waals surface area contributed by atoms with Crippen molar-refractivity contribution in [3.63, 3.8) is 0 Å². The van der Waals surface area contributed by atoms with Crippen LogP contribution in [0.1, 0.15) is 52.1 Å². The molecule has 1 aromatic rings. The molecule has 1 amide bonds. The van der Waals surface area contributed by atoms with Crippen LogP contribution >= 0.6 is 0 Å². The SMILES string of the molecule is CCCNC(C)c1ccc(OCCC(=O)NC(C)C)cc1. The van der Waals surface area contributed by atoms with Crippen LogP contribution in [0.2, 0.25) is 0 Å². The van der Waals surface area contributed by atoms with Crippen molar-refractivity contribution in [1.29, 1.82) is 0 Å². The maximum Gasteiger partial charge on any atom is 0.223 e. The van der Waals surface area contributed by atoms with Crippen molar-refractivity contribution < 1.29 is 9.53 Å². The highest BCUT2D eigenvalue weighted by atomic mass is 16.5. The van der Waals surface area contributed by atoms with Gasteiger partial charge in [0.2, 0.25) is 5.91 Å². The highest BCUT2D eigenvalue weighted by Crippen LogP contribution is 2.17. The Kier molecular flexibility index (Phi) is 7.83. The molecule has 4 heteroatoms. The van der Waals surface area contributed by atoms with Crippen molar-refractivity contribution >= 4 is 5.91 Å². The first-order valence-corrected chi connectivity index (χ1v) is 7.78. The second-order valence-corrected chi connectivity index (χ2v) is 5.57. The zero-order valence-corrected chi connectivity index (χ0v) is 13.6. The number of nitrogens with one attached hydrogen (secondary N) is 2. The lowest BCUT2D eigenvalue weighted by atomic mass is 10.1. The van der Waals surface area contributed by atoms with Gasteiger partial charge < -0.3 is 15.4 Å². The lowest BCUT2D eigenvalue weighted by Crippen LogP contribution is -2.31. The quantitative estimate of drug-likeness (QED) is 0.735. The Morgan fingerprint density at radius 2 is 1.86 bits per heavy atom. The second kappa shape index (κ2) is 9.40. The predicted octanol–water partition coefficient (Wildman–Crippen LogP) is 3.04. The van der Waals surface area contributed by atoms with Crippen LogP contribution in [0.25, 0.3) is 0 Å². The van der Waals surface area contributed by atoms with Crippen LogP contribution < -0.4 is 15.4 Å². The highest BCUT2D eigenvalue weighted by molar-refractivity contribution is 5.76. The maximum atomic E-state index is 11.5. The number of ether oxygens (including phenoxy) is 1. The zero-order chi connectivity index (χ0) is 15.7. The molecule has 118 valence electrons. The Hall–Kier alpha value is -1.55. The van der Waals surface area contributed by atoms with Gasteiger partial charge in [-0.2, -0.15) is 0 Å².